The lowest BCUT2D eigenvalue weighted by molar-refractivity contribution is -0.123. The Hall–Kier alpha value is -2.63. The fourth-order valence-electron chi connectivity index (χ4n) is 6.41. The molecule has 2 aromatic carbocycles. The van der Waals surface area contributed by atoms with Gasteiger partial charge < -0.3 is 15.2 Å². The Kier molecular flexibility index (Phi) is 9.22. The standard InChI is InChI=1S/C31H42N2O3/c1-3-18-33-19-17-31(25-14-10-15-27(20-25)36-2)22-26(21-29(34)28(31)23-33)32-30(35)16-9-5-8-13-24-11-6-4-7-12-24/h3-4,6-7,10-12,14-15,20,26,28-29,34H,1,5,8-9,13,16-19,21-23H2,2H3,(H,32,35)/t26-,28-,29?,31-/m0/s1. The number of hydrogen-bond acceptors (Lipinski definition) is 4. The van der Waals surface area contributed by atoms with E-state index in [-0.39, 0.29) is 23.3 Å². The molecule has 194 valence electrons. The van der Waals surface area contributed by atoms with Crippen LogP contribution in [0.25, 0.3) is 0 Å². The van der Waals surface area contributed by atoms with Crippen molar-refractivity contribution >= 4 is 5.91 Å². The van der Waals surface area contributed by atoms with Gasteiger partial charge in [0.05, 0.1) is 13.2 Å². The summed E-state index contributed by atoms with van der Waals surface area (Å²) in [6.45, 7) is 6.53. The van der Waals surface area contributed by atoms with E-state index in [4.69, 9.17) is 4.74 Å². The van der Waals surface area contributed by atoms with Crippen molar-refractivity contribution in [3.05, 3.63) is 78.4 Å². The molecule has 4 rings (SSSR count). The van der Waals surface area contributed by atoms with Gasteiger partial charge in [0.2, 0.25) is 5.91 Å². The van der Waals surface area contributed by atoms with E-state index in [0.29, 0.717) is 12.8 Å². The van der Waals surface area contributed by atoms with E-state index in [9.17, 15) is 9.90 Å². The monoisotopic (exact) mass is 490 g/mol. The maximum atomic E-state index is 12.9. The number of hydrogen-bond donors (Lipinski definition) is 2. The minimum absolute atomic E-state index is 0.0229. The number of aliphatic hydroxyl groups is 1. The van der Waals surface area contributed by atoms with Crippen molar-refractivity contribution in [3.8, 4) is 5.75 Å². The minimum atomic E-state index is -0.464. The van der Waals surface area contributed by atoms with E-state index in [1.54, 1.807) is 7.11 Å². The van der Waals surface area contributed by atoms with Crippen LogP contribution in [0.5, 0.6) is 5.75 Å². The number of methoxy groups -OCH3 is 1. The van der Waals surface area contributed by atoms with Crippen LogP contribution >= 0.6 is 0 Å². The van der Waals surface area contributed by atoms with Crippen LogP contribution in [0, 0.1) is 5.92 Å². The van der Waals surface area contributed by atoms with E-state index in [1.807, 2.05) is 24.3 Å². The molecular formula is C31H42N2O3. The molecule has 2 fully saturated rings. The summed E-state index contributed by atoms with van der Waals surface area (Å²) in [6, 6.07) is 18.8. The summed E-state index contributed by atoms with van der Waals surface area (Å²) in [5.41, 5.74) is 2.39. The number of likely N-dealkylation sites (tertiary alicyclic amines) is 1. The highest BCUT2D eigenvalue weighted by atomic mass is 16.5. The van der Waals surface area contributed by atoms with Crippen molar-refractivity contribution in [1.29, 1.82) is 0 Å². The highest BCUT2D eigenvalue weighted by molar-refractivity contribution is 5.76. The molecule has 5 nitrogen and oxygen atoms in total. The lowest BCUT2D eigenvalue weighted by Gasteiger charge is -2.54. The topological polar surface area (TPSA) is 61.8 Å². The Balaban J connectivity index is 1.38. The molecule has 2 aromatic rings. The first-order valence-electron chi connectivity index (χ1n) is 13.5. The average Bonchev–Trinajstić information content (AvgIpc) is 2.89. The third-order valence-electron chi connectivity index (χ3n) is 8.25. The number of carbonyl (C=O) groups excluding carboxylic acids is 1. The van der Waals surface area contributed by atoms with Gasteiger partial charge in [0, 0.05) is 36.9 Å². The fourth-order valence-corrected chi connectivity index (χ4v) is 6.41. The summed E-state index contributed by atoms with van der Waals surface area (Å²) in [4.78, 5) is 15.2. The molecule has 1 aliphatic carbocycles. The van der Waals surface area contributed by atoms with Crippen LogP contribution in [-0.2, 0) is 16.6 Å². The minimum Gasteiger partial charge on any atom is -0.497 e. The van der Waals surface area contributed by atoms with Crippen LogP contribution in [0.15, 0.2) is 67.3 Å². The third kappa shape index (κ3) is 6.37. The smallest absolute Gasteiger partial charge is 0.220 e. The molecule has 1 amide bonds. The van der Waals surface area contributed by atoms with Crippen LogP contribution in [0.1, 0.15) is 56.1 Å². The first kappa shape index (κ1) is 26.4. The summed E-state index contributed by atoms with van der Waals surface area (Å²) >= 11 is 0. The van der Waals surface area contributed by atoms with Crippen molar-refractivity contribution in [1.82, 2.24) is 10.2 Å². The lowest BCUT2D eigenvalue weighted by Crippen LogP contribution is -2.61. The maximum absolute atomic E-state index is 12.9. The molecule has 0 bridgehead atoms. The molecule has 1 unspecified atom stereocenters. The number of piperidine rings is 1. The van der Waals surface area contributed by atoms with Crippen LogP contribution in [0.3, 0.4) is 0 Å². The number of benzene rings is 2. The van der Waals surface area contributed by atoms with Crippen LogP contribution in [0.4, 0.5) is 0 Å². The Morgan fingerprint density at radius 1 is 1.19 bits per heavy atom. The normalized spacial score (nSPS) is 26.1. The van der Waals surface area contributed by atoms with E-state index in [0.717, 1.165) is 63.9 Å². The van der Waals surface area contributed by atoms with E-state index < -0.39 is 6.10 Å². The molecular weight excluding hydrogens is 448 g/mol. The van der Waals surface area contributed by atoms with Gasteiger partial charge in [-0.15, -0.1) is 6.58 Å². The molecule has 4 atom stereocenters. The number of nitrogens with zero attached hydrogens (tertiary/aromatic N) is 1. The molecule has 1 aliphatic heterocycles. The molecule has 0 radical (unpaired) electrons. The molecule has 0 aromatic heterocycles. The summed E-state index contributed by atoms with van der Waals surface area (Å²) in [6.07, 6.45) is 8.53. The molecule has 1 saturated heterocycles. The number of unbranched alkanes of at least 4 members (excludes halogenated alkanes) is 2. The van der Waals surface area contributed by atoms with Gasteiger partial charge in [-0.25, -0.2) is 0 Å². The lowest BCUT2D eigenvalue weighted by atomic mass is 9.57. The van der Waals surface area contributed by atoms with Crippen molar-refractivity contribution in [2.24, 2.45) is 5.92 Å². The number of amides is 1. The van der Waals surface area contributed by atoms with Gasteiger partial charge in [0.1, 0.15) is 5.75 Å². The number of aryl methyl sites for hydroxylation is 1. The van der Waals surface area contributed by atoms with E-state index in [1.165, 1.54) is 11.1 Å². The van der Waals surface area contributed by atoms with E-state index >= 15 is 0 Å². The Bertz CT molecular complexity index is 994. The van der Waals surface area contributed by atoms with Crippen molar-refractivity contribution < 1.29 is 14.6 Å². The highest BCUT2D eigenvalue weighted by Crippen LogP contribution is 2.49. The zero-order valence-corrected chi connectivity index (χ0v) is 21.7. The highest BCUT2D eigenvalue weighted by Gasteiger charge is 2.52. The summed E-state index contributed by atoms with van der Waals surface area (Å²) in [7, 11) is 1.69. The Labute approximate surface area is 216 Å². The second kappa shape index (κ2) is 12.6. The molecule has 36 heavy (non-hydrogen) atoms. The molecule has 0 spiro atoms. The van der Waals surface area contributed by atoms with Gasteiger partial charge in [-0.3, -0.25) is 9.69 Å². The van der Waals surface area contributed by atoms with E-state index in [2.05, 4.69) is 53.2 Å². The molecule has 2 N–H and O–H groups in total. The maximum Gasteiger partial charge on any atom is 0.220 e. The first-order valence-corrected chi connectivity index (χ1v) is 13.5. The molecule has 2 aliphatic rings. The summed E-state index contributed by atoms with van der Waals surface area (Å²) in [5, 5.41) is 14.6. The zero-order chi connectivity index (χ0) is 25.4. The predicted molar refractivity (Wildman–Crippen MR) is 145 cm³/mol. The second-order valence-electron chi connectivity index (χ2n) is 10.6. The quantitative estimate of drug-likeness (QED) is 0.348. The second-order valence-corrected chi connectivity index (χ2v) is 10.6. The van der Waals surface area contributed by atoms with Crippen molar-refractivity contribution in [2.45, 2.75) is 68.9 Å². The van der Waals surface area contributed by atoms with Gasteiger partial charge in [0.25, 0.3) is 0 Å². The third-order valence-corrected chi connectivity index (χ3v) is 8.25. The molecule has 5 heteroatoms. The number of aliphatic hydroxyl groups excluding tert-OH is 1. The van der Waals surface area contributed by atoms with Crippen LogP contribution in [-0.4, -0.2) is 54.8 Å². The Morgan fingerprint density at radius 3 is 2.81 bits per heavy atom. The zero-order valence-electron chi connectivity index (χ0n) is 21.7. The molecule has 1 heterocycles. The van der Waals surface area contributed by atoms with Crippen molar-refractivity contribution in [3.63, 3.8) is 0 Å². The first-order chi connectivity index (χ1) is 17.5. The number of carbonyl (C=O) groups is 1. The van der Waals surface area contributed by atoms with Gasteiger partial charge in [-0.05, 0) is 68.3 Å². The van der Waals surface area contributed by atoms with Gasteiger partial charge >= 0.3 is 0 Å². The largest absolute Gasteiger partial charge is 0.497 e. The number of fused-ring (bicyclic) bond motifs is 1. The van der Waals surface area contributed by atoms with Gasteiger partial charge in [0.15, 0.2) is 0 Å². The van der Waals surface area contributed by atoms with Crippen molar-refractivity contribution in [2.75, 3.05) is 26.7 Å². The fraction of sp³-hybridized carbons (Fsp3) is 0.516. The van der Waals surface area contributed by atoms with Crippen LogP contribution < -0.4 is 10.1 Å². The van der Waals surface area contributed by atoms with Gasteiger partial charge in [-0.2, -0.15) is 0 Å². The predicted octanol–water partition coefficient (Wildman–Crippen LogP) is 4.88. The average molecular weight is 491 g/mol. The number of nitrogens with one attached hydrogen (secondary N) is 1. The SMILES string of the molecule is C=CCN1CC[C@@]2(c3cccc(OC)c3)C[C@@H](NC(=O)CCCCCc3ccccc3)CC(O)[C@@H]2C1. The molecule has 1 saturated carbocycles. The summed E-state index contributed by atoms with van der Waals surface area (Å²) in [5.74, 6) is 1.06. The van der Waals surface area contributed by atoms with Gasteiger partial charge in [-0.1, -0.05) is 55.0 Å². The number of ether oxygens (including phenoxy) is 1. The summed E-state index contributed by atoms with van der Waals surface area (Å²) < 4.78 is 5.54. The number of rotatable bonds is 11. The Morgan fingerprint density at radius 2 is 2.03 bits per heavy atom. The van der Waals surface area contributed by atoms with Crippen LogP contribution in [0.2, 0.25) is 0 Å².